The monoisotopic (exact) mass is 449 g/mol. The second kappa shape index (κ2) is 9.95. The van der Waals surface area contributed by atoms with E-state index in [2.05, 4.69) is 15.3 Å². The number of carbonyl (C=O) groups excluding carboxylic acids is 2. The van der Waals surface area contributed by atoms with Crippen LogP contribution in [-0.2, 0) is 4.79 Å². The van der Waals surface area contributed by atoms with Crippen LogP contribution in [0.4, 0.5) is 10.1 Å². The zero-order valence-corrected chi connectivity index (χ0v) is 18.9. The molecule has 33 heavy (non-hydrogen) atoms. The summed E-state index contributed by atoms with van der Waals surface area (Å²) in [5, 5.41) is 7.59. The summed E-state index contributed by atoms with van der Waals surface area (Å²) in [7, 11) is 0. The third kappa shape index (κ3) is 5.28. The van der Waals surface area contributed by atoms with Crippen LogP contribution in [0, 0.1) is 19.7 Å². The van der Waals surface area contributed by atoms with Gasteiger partial charge in [0.1, 0.15) is 5.82 Å². The van der Waals surface area contributed by atoms with E-state index in [-0.39, 0.29) is 17.6 Å². The molecule has 4 rings (SSSR count). The Kier molecular flexibility index (Phi) is 6.84. The molecule has 172 valence electrons. The predicted molar refractivity (Wildman–Crippen MR) is 125 cm³/mol. The van der Waals surface area contributed by atoms with E-state index < -0.39 is 0 Å². The Morgan fingerprint density at radius 3 is 2.30 bits per heavy atom. The molecule has 3 aromatic rings. The van der Waals surface area contributed by atoms with Crippen LogP contribution in [0.1, 0.15) is 28.2 Å². The Bertz CT molecular complexity index is 1120. The molecule has 0 saturated carbocycles. The molecule has 0 radical (unpaired) electrons. The fourth-order valence-electron chi connectivity index (χ4n) is 4.06. The number of anilines is 1. The van der Waals surface area contributed by atoms with Crippen molar-refractivity contribution >= 4 is 17.5 Å². The number of piperazine rings is 1. The number of para-hydroxylation sites is 1. The second-order valence-corrected chi connectivity index (χ2v) is 8.23. The first-order chi connectivity index (χ1) is 15.9. The molecule has 8 heteroatoms. The summed E-state index contributed by atoms with van der Waals surface area (Å²) in [6.07, 6.45) is 0.362. The van der Waals surface area contributed by atoms with Crippen molar-refractivity contribution in [2.45, 2.75) is 20.3 Å². The quantitative estimate of drug-likeness (QED) is 0.626. The molecule has 1 aliphatic rings. The van der Waals surface area contributed by atoms with E-state index in [0.29, 0.717) is 44.7 Å². The molecule has 1 saturated heterocycles. The van der Waals surface area contributed by atoms with E-state index in [1.54, 1.807) is 4.90 Å². The van der Waals surface area contributed by atoms with Crippen molar-refractivity contribution in [3.63, 3.8) is 0 Å². The van der Waals surface area contributed by atoms with Crippen molar-refractivity contribution in [3.8, 4) is 5.69 Å². The second-order valence-electron chi connectivity index (χ2n) is 8.23. The number of carbonyl (C=O) groups is 2. The molecule has 1 fully saturated rings. The number of benzene rings is 2. The number of amides is 2. The number of hydrogen-bond donors (Lipinski definition) is 1. The lowest BCUT2D eigenvalue weighted by Crippen LogP contribution is -2.49. The van der Waals surface area contributed by atoms with Gasteiger partial charge >= 0.3 is 0 Å². The topological polar surface area (TPSA) is 70.5 Å². The molecule has 0 bridgehead atoms. The molecule has 1 N–H and O–H groups in total. The lowest BCUT2D eigenvalue weighted by Gasteiger charge is -2.34. The van der Waals surface area contributed by atoms with Gasteiger partial charge in [-0.15, -0.1) is 0 Å². The standard InChI is InChI=1S/C25H28FN5O2/c1-18-24(19(2)31(28-18)22-6-4-3-5-7-22)27-23(32)12-13-29-14-16-30(17-15-29)25(33)20-8-10-21(26)11-9-20/h3-11H,12-17H2,1-2H3,(H,27,32). The van der Waals surface area contributed by atoms with Crippen molar-refractivity contribution in [1.29, 1.82) is 0 Å². The number of nitrogens with zero attached hydrogens (tertiary/aromatic N) is 4. The van der Waals surface area contributed by atoms with Gasteiger partial charge in [-0.3, -0.25) is 14.5 Å². The van der Waals surface area contributed by atoms with Crippen LogP contribution in [0.5, 0.6) is 0 Å². The summed E-state index contributed by atoms with van der Waals surface area (Å²) < 4.78 is 14.9. The van der Waals surface area contributed by atoms with Crippen molar-refractivity contribution < 1.29 is 14.0 Å². The van der Waals surface area contributed by atoms with E-state index in [9.17, 15) is 14.0 Å². The Labute approximate surface area is 192 Å². The number of aryl methyl sites for hydroxylation is 1. The van der Waals surface area contributed by atoms with Gasteiger partial charge in [-0.2, -0.15) is 5.10 Å². The van der Waals surface area contributed by atoms with Gasteiger partial charge in [0, 0.05) is 44.7 Å². The molecular weight excluding hydrogens is 421 g/mol. The first-order valence-corrected chi connectivity index (χ1v) is 11.1. The first-order valence-electron chi connectivity index (χ1n) is 11.1. The smallest absolute Gasteiger partial charge is 0.253 e. The van der Waals surface area contributed by atoms with Crippen molar-refractivity contribution in [2.75, 3.05) is 38.0 Å². The number of halogens is 1. The highest BCUT2D eigenvalue weighted by Gasteiger charge is 2.23. The zero-order valence-electron chi connectivity index (χ0n) is 18.9. The molecule has 0 spiro atoms. The molecule has 1 aromatic heterocycles. The molecule has 2 amide bonds. The first kappa shape index (κ1) is 22.7. The molecule has 1 aliphatic heterocycles. The number of aromatic nitrogens is 2. The minimum atomic E-state index is -0.354. The minimum absolute atomic E-state index is 0.0568. The zero-order chi connectivity index (χ0) is 23.4. The summed E-state index contributed by atoms with van der Waals surface area (Å²) in [6.45, 7) is 7.02. The summed E-state index contributed by atoms with van der Waals surface area (Å²) >= 11 is 0. The Morgan fingerprint density at radius 2 is 1.64 bits per heavy atom. The highest BCUT2D eigenvalue weighted by molar-refractivity contribution is 5.94. The fraction of sp³-hybridized carbons (Fsp3) is 0.320. The lowest BCUT2D eigenvalue weighted by molar-refractivity contribution is -0.116. The van der Waals surface area contributed by atoms with Crippen LogP contribution in [0.3, 0.4) is 0 Å². The average molecular weight is 450 g/mol. The van der Waals surface area contributed by atoms with E-state index in [1.807, 2.05) is 48.9 Å². The van der Waals surface area contributed by atoms with Crippen LogP contribution in [0.25, 0.3) is 5.69 Å². The number of nitrogens with one attached hydrogen (secondary N) is 1. The highest BCUT2D eigenvalue weighted by Crippen LogP contribution is 2.23. The van der Waals surface area contributed by atoms with Crippen molar-refractivity contribution in [3.05, 3.63) is 77.4 Å². The van der Waals surface area contributed by atoms with Crippen LogP contribution < -0.4 is 5.32 Å². The van der Waals surface area contributed by atoms with Gasteiger partial charge in [0.05, 0.1) is 22.8 Å². The molecule has 0 aliphatic carbocycles. The van der Waals surface area contributed by atoms with Crippen LogP contribution >= 0.6 is 0 Å². The molecular formula is C25H28FN5O2. The summed E-state index contributed by atoms with van der Waals surface area (Å²) in [5.41, 5.74) is 3.86. The van der Waals surface area contributed by atoms with Gasteiger partial charge in [-0.05, 0) is 50.2 Å². The maximum Gasteiger partial charge on any atom is 0.253 e. The molecule has 2 aromatic carbocycles. The van der Waals surface area contributed by atoms with Crippen LogP contribution in [0.2, 0.25) is 0 Å². The summed E-state index contributed by atoms with van der Waals surface area (Å²) in [6, 6.07) is 15.4. The van der Waals surface area contributed by atoms with Crippen LogP contribution in [-0.4, -0.2) is 64.1 Å². The summed E-state index contributed by atoms with van der Waals surface area (Å²) in [4.78, 5) is 29.1. The maximum atomic E-state index is 13.1. The van der Waals surface area contributed by atoms with E-state index in [1.165, 1.54) is 24.3 Å². The largest absolute Gasteiger partial charge is 0.336 e. The number of hydrogen-bond acceptors (Lipinski definition) is 4. The van der Waals surface area contributed by atoms with E-state index >= 15 is 0 Å². The third-order valence-electron chi connectivity index (χ3n) is 5.96. The van der Waals surface area contributed by atoms with Gasteiger partial charge in [0.25, 0.3) is 5.91 Å². The normalized spacial score (nSPS) is 14.3. The van der Waals surface area contributed by atoms with Crippen molar-refractivity contribution in [2.24, 2.45) is 0 Å². The third-order valence-corrected chi connectivity index (χ3v) is 5.96. The molecule has 7 nitrogen and oxygen atoms in total. The Hall–Kier alpha value is -3.52. The van der Waals surface area contributed by atoms with Crippen molar-refractivity contribution in [1.82, 2.24) is 19.6 Å². The highest BCUT2D eigenvalue weighted by atomic mass is 19.1. The Balaban J connectivity index is 1.27. The SMILES string of the molecule is Cc1nn(-c2ccccc2)c(C)c1NC(=O)CCN1CCN(C(=O)c2ccc(F)cc2)CC1. The predicted octanol–water partition coefficient (Wildman–Crippen LogP) is 3.41. The molecule has 0 atom stereocenters. The lowest BCUT2D eigenvalue weighted by atomic mass is 10.1. The van der Waals surface area contributed by atoms with E-state index in [0.717, 1.165) is 22.8 Å². The molecule has 2 heterocycles. The van der Waals surface area contributed by atoms with Gasteiger partial charge in [-0.25, -0.2) is 9.07 Å². The van der Waals surface area contributed by atoms with Gasteiger partial charge in [0.2, 0.25) is 5.91 Å². The average Bonchev–Trinajstić information content (AvgIpc) is 3.12. The maximum absolute atomic E-state index is 13.1. The molecule has 0 unspecified atom stereocenters. The fourth-order valence-corrected chi connectivity index (χ4v) is 4.06. The van der Waals surface area contributed by atoms with Gasteiger partial charge in [-0.1, -0.05) is 18.2 Å². The van der Waals surface area contributed by atoms with Crippen LogP contribution in [0.15, 0.2) is 54.6 Å². The van der Waals surface area contributed by atoms with E-state index in [4.69, 9.17) is 0 Å². The van der Waals surface area contributed by atoms with Gasteiger partial charge in [0.15, 0.2) is 0 Å². The summed E-state index contributed by atoms with van der Waals surface area (Å²) in [5.74, 6) is -0.500. The van der Waals surface area contributed by atoms with Gasteiger partial charge < -0.3 is 10.2 Å². The minimum Gasteiger partial charge on any atom is -0.336 e. The number of rotatable bonds is 6. The Morgan fingerprint density at radius 1 is 0.970 bits per heavy atom.